The Morgan fingerprint density at radius 3 is 2.67 bits per heavy atom. The van der Waals surface area contributed by atoms with E-state index in [1.807, 2.05) is 30.1 Å². The first-order chi connectivity index (χ1) is 10.0. The summed E-state index contributed by atoms with van der Waals surface area (Å²) in [5.74, 6) is 1.04. The quantitative estimate of drug-likeness (QED) is 0.870. The highest BCUT2D eigenvalue weighted by Crippen LogP contribution is 2.30. The van der Waals surface area contributed by atoms with E-state index in [4.69, 9.17) is 5.73 Å². The van der Waals surface area contributed by atoms with Gasteiger partial charge in [-0.1, -0.05) is 41.1 Å². The SMILES string of the molecule is CCC(N)C(c1ccccc1Br)N(C)Cc1nccn1C. The topological polar surface area (TPSA) is 47.1 Å². The van der Waals surface area contributed by atoms with E-state index in [1.165, 1.54) is 5.56 Å². The lowest BCUT2D eigenvalue weighted by Crippen LogP contribution is -2.39. The maximum absolute atomic E-state index is 6.40. The van der Waals surface area contributed by atoms with Gasteiger partial charge in [0, 0.05) is 30.0 Å². The van der Waals surface area contributed by atoms with Gasteiger partial charge in [-0.2, -0.15) is 0 Å². The molecule has 2 unspecified atom stereocenters. The van der Waals surface area contributed by atoms with Crippen LogP contribution in [0.4, 0.5) is 0 Å². The maximum atomic E-state index is 6.40. The van der Waals surface area contributed by atoms with Gasteiger partial charge >= 0.3 is 0 Å². The summed E-state index contributed by atoms with van der Waals surface area (Å²) in [5, 5.41) is 0. The number of nitrogens with zero attached hydrogens (tertiary/aromatic N) is 3. The number of hydrogen-bond acceptors (Lipinski definition) is 3. The van der Waals surface area contributed by atoms with Crippen molar-refractivity contribution in [1.82, 2.24) is 14.5 Å². The third kappa shape index (κ3) is 3.73. The van der Waals surface area contributed by atoms with Gasteiger partial charge in [0.25, 0.3) is 0 Å². The molecular formula is C16H23BrN4. The number of hydrogen-bond donors (Lipinski definition) is 1. The summed E-state index contributed by atoms with van der Waals surface area (Å²) >= 11 is 3.65. The van der Waals surface area contributed by atoms with Crippen LogP contribution in [0.5, 0.6) is 0 Å². The molecule has 0 aliphatic carbocycles. The lowest BCUT2D eigenvalue weighted by atomic mass is 9.96. The molecule has 2 rings (SSSR count). The van der Waals surface area contributed by atoms with Gasteiger partial charge < -0.3 is 10.3 Å². The number of imidazole rings is 1. The highest BCUT2D eigenvalue weighted by molar-refractivity contribution is 9.10. The minimum absolute atomic E-state index is 0.0777. The van der Waals surface area contributed by atoms with Crippen LogP contribution in [0.2, 0.25) is 0 Å². The minimum atomic E-state index is 0.0777. The van der Waals surface area contributed by atoms with Crippen molar-refractivity contribution in [3.8, 4) is 0 Å². The van der Waals surface area contributed by atoms with E-state index in [2.05, 4.69) is 58.0 Å². The molecule has 0 radical (unpaired) electrons. The van der Waals surface area contributed by atoms with Crippen molar-refractivity contribution in [2.75, 3.05) is 7.05 Å². The Hall–Kier alpha value is -1.17. The molecule has 114 valence electrons. The summed E-state index contributed by atoms with van der Waals surface area (Å²) in [6.45, 7) is 2.90. The largest absolute Gasteiger partial charge is 0.337 e. The van der Waals surface area contributed by atoms with Gasteiger partial charge in [0.15, 0.2) is 0 Å². The van der Waals surface area contributed by atoms with Gasteiger partial charge in [0.1, 0.15) is 5.82 Å². The van der Waals surface area contributed by atoms with Gasteiger partial charge in [-0.25, -0.2) is 4.98 Å². The third-order valence-corrected chi connectivity index (χ3v) is 4.61. The Morgan fingerprint density at radius 2 is 2.10 bits per heavy atom. The van der Waals surface area contributed by atoms with Crippen molar-refractivity contribution in [3.05, 3.63) is 52.5 Å². The summed E-state index contributed by atoms with van der Waals surface area (Å²) in [6, 6.07) is 8.53. The molecule has 0 aliphatic heterocycles. The highest BCUT2D eigenvalue weighted by Gasteiger charge is 2.25. The number of aryl methyl sites for hydroxylation is 1. The summed E-state index contributed by atoms with van der Waals surface area (Å²) in [6.07, 6.45) is 4.73. The van der Waals surface area contributed by atoms with Crippen molar-refractivity contribution >= 4 is 15.9 Å². The van der Waals surface area contributed by atoms with Crippen molar-refractivity contribution in [3.63, 3.8) is 0 Å². The fraction of sp³-hybridized carbons (Fsp3) is 0.438. The van der Waals surface area contributed by atoms with Gasteiger partial charge in [-0.3, -0.25) is 4.90 Å². The van der Waals surface area contributed by atoms with E-state index in [0.29, 0.717) is 0 Å². The monoisotopic (exact) mass is 350 g/mol. The molecule has 1 aromatic carbocycles. The Kier molecular flexibility index (Phi) is 5.56. The summed E-state index contributed by atoms with van der Waals surface area (Å²) in [4.78, 5) is 6.68. The van der Waals surface area contributed by atoms with Crippen molar-refractivity contribution in [1.29, 1.82) is 0 Å². The lowest BCUT2D eigenvalue weighted by Gasteiger charge is -2.33. The molecule has 4 nitrogen and oxygen atoms in total. The standard InChI is InChI=1S/C16H23BrN4/c1-4-14(18)16(12-7-5-6-8-13(12)17)21(3)11-15-19-9-10-20(15)2/h5-10,14,16H,4,11,18H2,1-3H3. The average Bonchev–Trinajstić information content (AvgIpc) is 2.86. The van der Waals surface area contributed by atoms with E-state index in [1.54, 1.807) is 0 Å². The molecule has 2 atom stereocenters. The van der Waals surface area contributed by atoms with Crippen LogP contribution in [0, 0.1) is 0 Å². The number of nitrogens with two attached hydrogens (primary N) is 1. The zero-order valence-electron chi connectivity index (χ0n) is 12.8. The predicted octanol–water partition coefficient (Wildman–Crippen LogP) is 3.09. The Balaban J connectivity index is 2.28. The molecule has 1 heterocycles. The summed E-state index contributed by atoms with van der Waals surface area (Å²) < 4.78 is 3.15. The first-order valence-electron chi connectivity index (χ1n) is 7.21. The van der Waals surface area contributed by atoms with Gasteiger partial charge in [0.05, 0.1) is 12.6 Å². The molecule has 0 bridgehead atoms. The molecule has 0 spiro atoms. The molecule has 0 amide bonds. The van der Waals surface area contributed by atoms with Crippen LogP contribution in [0.15, 0.2) is 41.1 Å². The number of aromatic nitrogens is 2. The van der Waals surface area contributed by atoms with Crippen molar-refractivity contribution in [2.45, 2.75) is 32.0 Å². The molecule has 0 fully saturated rings. The van der Waals surface area contributed by atoms with Crippen LogP contribution >= 0.6 is 15.9 Å². The molecular weight excluding hydrogens is 328 g/mol. The third-order valence-electron chi connectivity index (χ3n) is 3.89. The summed E-state index contributed by atoms with van der Waals surface area (Å²) in [7, 11) is 4.12. The smallest absolute Gasteiger partial charge is 0.122 e. The van der Waals surface area contributed by atoms with Crippen LogP contribution in [0.1, 0.15) is 30.8 Å². The Labute approximate surface area is 135 Å². The number of halogens is 1. The molecule has 5 heteroatoms. The van der Waals surface area contributed by atoms with Crippen LogP contribution in [0.25, 0.3) is 0 Å². The van der Waals surface area contributed by atoms with Crippen LogP contribution in [-0.2, 0) is 13.6 Å². The van der Waals surface area contributed by atoms with E-state index in [0.717, 1.165) is 23.3 Å². The highest BCUT2D eigenvalue weighted by atomic mass is 79.9. The molecule has 0 saturated heterocycles. The van der Waals surface area contributed by atoms with E-state index in [9.17, 15) is 0 Å². The second-order valence-corrected chi connectivity index (χ2v) is 6.26. The first-order valence-corrected chi connectivity index (χ1v) is 8.00. The fourth-order valence-electron chi connectivity index (χ4n) is 2.60. The van der Waals surface area contributed by atoms with E-state index >= 15 is 0 Å². The Morgan fingerprint density at radius 1 is 1.38 bits per heavy atom. The normalized spacial score (nSPS) is 14.4. The molecule has 21 heavy (non-hydrogen) atoms. The Bertz CT molecular complexity index is 581. The van der Waals surface area contributed by atoms with E-state index < -0.39 is 0 Å². The number of rotatable bonds is 6. The number of benzene rings is 1. The minimum Gasteiger partial charge on any atom is -0.337 e. The zero-order chi connectivity index (χ0) is 15.4. The van der Waals surface area contributed by atoms with Crippen LogP contribution < -0.4 is 5.73 Å². The van der Waals surface area contributed by atoms with Crippen molar-refractivity contribution in [2.24, 2.45) is 12.8 Å². The molecule has 2 aromatic rings. The summed E-state index contributed by atoms with van der Waals surface area (Å²) in [5.41, 5.74) is 7.62. The lowest BCUT2D eigenvalue weighted by molar-refractivity contribution is 0.195. The molecule has 0 aliphatic rings. The van der Waals surface area contributed by atoms with E-state index in [-0.39, 0.29) is 12.1 Å². The van der Waals surface area contributed by atoms with Crippen LogP contribution in [0.3, 0.4) is 0 Å². The first kappa shape index (κ1) is 16.2. The molecule has 1 aromatic heterocycles. The maximum Gasteiger partial charge on any atom is 0.122 e. The zero-order valence-corrected chi connectivity index (χ0v) is 14.4. The average molecular weight is 351 g/mol. The van der Waals surface area contributed by atoms with Crippen molar-refractivity contribution < 1.29 is 0 Å². The second-order valence-electron chi connectivity index (χ2n) is 5.41. The number of likely N-dealkylation sites (N-methyl/N-ethyl adjacent to an activating group) is 1. The van der Waals surface area contributed by atoms with Crippen LogP contribution in [-0.4, -0.2) is 27.5 Å². The van der Waals surface area contributed by atoms with Gasteiger partial charge in [-0.05, 0) is 25.1 Å². The fourth-order valence-corrected chi connectivity index (χ4v) is 3.12. The molecule has 2 N–H and O–H groups in total. The van der Waals surface area contributed by atoms with Gasteiger partial charge in [-0.15, -0.1) is 0 Å². The second kappa shape index (κ2) is 7.20. The molecule has 0 saturated carbocycles. The van der Waals surface area contributed by atoms with Gasteiger partial charge in [0.2, 0.25) is 0 Å². The predicted molar refractivity (Wildman–Crippen MR) is 89.8 cm³/mol.